The van der Waals surface area contributed by atoms with E-state index in [1.54, 1.807) is 0 Å². The van der Waals surface area contributed by atoms with Gasteiger partial charge in [-0.3, -0.25) is 0 Å². The Balaban J connectivity index is 1.76. The molecule has 1 N–H and O–H groups in total. The van der Waals surface area contributed by atoms with Crippen molar-refractivity contribution < 1.29 is 0 Å². The highest BCUT2D eigenvalue weighted by Crippen LogP contribution is 2.26. The molecule has 0 aromatic rings. The van der Waals surface area contributed by atoms with Crippen LogP contribution in [0.15, 0.2) is 0 Å². The normalized spacial score (nSPS) is 34.9. The van der Waals surface area contributed by atoms with Gasteiger partial charge in [-0.15, -0.1) is 0 Å². The number of nitrogens with one attached hydrogen (secondary N) is 1. The molecule has 1 saturated carbocycles. The molecule has 2 atom stereocenters. The number of hydrogen-bond acceptors (Lipinski definition) is 2. The minimum Gasteiger partial charge on any atom is -0.314 e. The van der Waals surface area contributed by atoms with Crippen LogP contribution >= 0.6 is 0 Å². The zero-order chi connectivity index (χ0) is 9.80. The Hall–Kier alpha value is -0.0800. The molecule has 82 valence electrons. The van der Waals surface area contributed by atoms with E-state index in [9.17, 15) is 0 Å². The van der Waals surface area contributed by atoms with Gasteiger partial charge in [0.15, 0.2) is 0 Å². The lowest BCUT2D eigenvalue weighted by Crippen LogP contribution is -2.39. The molecule has 0 aromatic carbocycles. The SMILES string of the molecule is CCNC1CCC(N2CCCCC2)C1. The van der Waals surface area contributed by atoms with Crippen molar-refractivity contribution in [2.45, 2.75) is 57.5 Å². The topological polar surface area (TPSA) is 15.3 Å². The molecule has 2 rings (SSSR count). The van der Waals surface area contributed by atoms with Crippen LogP contribution in [-0.4, -0.2) is 36.6 Å². The van der Waals surface area contributed by atoms with Gasteiger partial charge in [0.05, 0.1) is 0 Å². The molecule has 2 heteroatoms. The Morgan fingerprint density at radius 2 is 1.93 bits per heavy atom. The van der Waals surface area contributed by atoms with E-state index in [-0.39, 0.29) is 0 Å². The van der Waals surface area contributed by atoms with E-state index < -0.39 is 0 Å². The summed E-state index contributed by atoms with van der Waals surface area (Å²) >= 11 is 0. The predicted octanol–water partition coefficient (Wildman–Crippen LogP) is 2.00. The van der Waals surface area contributed by atoms with Crippen molar-refractivity contribution in [2.75, 3.05) is 19.6 Å². The fourth-order valence-corrected chi connectivity index (χ4v) is 3.05. The van der Waals surface area contributed by atoms with Gasteiger partial charge in [-0.25, -0.2) is 0 Å². The van der Waals surface area contributed by atoms with Crippen molar-refractivity contribution in [1.29, 1.82) is 0 Å². The van der Waals surface area contributed by atoms with E-state index in [1.165, 1.54) is 51.6 Å². The Morgan fingerprint density at radius 3 is 2.64 bits per heavy atom. The first kappa shape index (κ1) is 10.4. The zero-order valence-electron chi connectivity index (χ0n) is 9.47. The lowest BCUT2D eigenvalue weighted by Gasteiger charge is -2.32. The van der Waals surface area contributed by atoms with Crippen LogP contribution in [-0.2, 0) is 0 Å². The number of nitrogens with zero attached hydrogens (tertiary/aromatic N) is 1. The van der Waals surface area contributed by atoms with Gasteiger partial charge < -0.3 is 10.2 Å². The van der Waals surface area contributed by atoms with Gasteiger partial charge in [0, 0.05) is 12.1 Å². The molecule has 2 unspecified atom stereocenters. The van der Waals surface area contributed by atoms with Crippen LogP contribution in [0.25, 0.3) is 0 Å². The first-order valence-electron chi connectivity index (χ1n) is 6.37. The van der Waals surface area contributed by atoms with Crippen LogP contribution in [0, 0.1) is 0 Å². The molecule has 0 bridgehead atoms. The highest BCUT2D eigenvalue weighted by molar-refractivity contribution is 4.87. The summed E-state index contributed by atoms with van der Waals surface area (Å²) in [6, 6.07) is 1.71. The lowest BCUT2D eigenvalue weighted by molar-refractivity contribution is 0.163. The minimum absolute atomic E-state index is 0.812. The fourth-order valence-electron chi connectivity index (χ4n) is 3.05. The van der Waals surface area contributed by atoms with Gasteiger partial charge in [0.1, 0.15) is 0 Å². The fraction of sp³-hybridized carbons (Fsp3) is 1.00. The average Bonchev–Trinajstić information content (AvgIpc) is 2.68. The summed E-state index contributed by atoms with van der Waals surface area (Å²) in [5.41, 5.74) is 0. The van der Waals surface area contributed by atoms with Crippen LogP contribution in [0.3, 0.4) is 0 Å². The summed E-state index contributed by atoms with van der Waals surface area (Å²) in [7, 11) is 0. The van der Waals surface area contributed by atoms with Gasteiger partial charge in [-0.2, -0.15) is 0 Å². The molecule has 1 heterocycles. The van der Waals surface area contributed by atoms with Crippen molar-refractivity contribution in [3.8, 4) is 0 Å². The van der Waals surface area contributed by atoms with Crippen molar-refractivity contribution >= 4 is 0 Å². The maximum absolute atomic E-state index is 3.59. The number of rotatable bonds is 3. The third-order valence-corrected chi connectivity index (χ3v) is 3.80. The molecule has 14 heavy (non-hydrogen) atoms. The third-order valence-electron chi connectivity index (χ3n) is 3.80. The summed E-state index contributed by atoms with van der Waals surface area (Å²) in [5.74, 6) is 0. The van der Waals surface area contributed by atoms with Crippen LogP contribution < -0.4 is 5.32 Å². The number of piperidine rings is 1. The molecule has 1 aliphatic heterocycles. The Labute approximate surface area is 88.1 Å². The Bertz CT molecular complexity index is 164. The van der Waals surface area contributed by atoms with Crippen molar-refractivity contribution in [3.05, 3.63) is 0 Å². The first-order valence-corrected chi connectivity index (χ1v) is 6.37. The monoisotopic (exact) mass is 196 g/mol. The van der Waals surface area contributed by atoms with Crippen molar-refractivity contribution in [3.63, 3.8) is 0 Å². The van der Waals surface area contributed by atoms with Crippen LogP contribution in [0.5, 0.6) is 0 Å². The lowest BCUT2D eigenvalue weighted by atomic mass is 10.1. The molecule has 1 saturated heterocycles. The third kappa shape index (κ3) is 2.48. The van der Waals surface area contributed by atoms with Gasteiger partial charge >= 0.3 is 0 Å². The summed E-state index contributed by atoms with van der Waals surface area (Å²) in [6.07, 6.45) is 8.55. The zero-order valence-corrected chi connectivity index (χ0v) is 9.47. The summed E-state index contributed by atoms with van der Waals surface area (Å²) in [5, 5.41) is 3.59. The van der Waals surface area contributed by atoms with Gasteiger partial charge in [0.25, 0.3) is 0 Å². The van der Waals surface area contributed by atoms with Crippen molar-refractivity contribution in [1.82, 2.24) is 10.2 Å². The number of likely N-dealkylation sites (tertiary alicyclic amines) is 1. The molecule has 0 amide bonds. The van der Waals surface area contributed by atoms with Gasteiger partial charge in [-0.1, -0.05) is 13.3 Å². The quantitative estimate of drug-likeness (QED) is 0.743. The highest BCUT2D eigenvalue weighted by atomic mass is 15.2. The molecule has 0 radical (unpaired) electrons. The minimum atomic E-state index is 0.812. The maximum Gasteiger partial charge on any atom is 0.0111 e. The Kier molecular flexibility index (Phi) is 3.82. The molecule has 1 aliphatic carbocycles. The van der Waals surface area contributed by atoms with E-state index >= 15 is 0 Å². The maximum atomic E-state index is 3.59. The average molecular weight is 196 g/mol. The molecule has 2 aliphatic rings. The first-order chi connectivity index (χ1) is 6.90. The van der Waals surface area contributed by atoms with Crippen LogP contribution in [0.4, 0.5) is 0 Å². The molecular weight excluding hydrogens is 172 g/mol. The second-order valence-electron chi connectivity index (χ2n) is 4.82. The summed E-state index contributed by atoms with van der Waals surface area (Å²) in [4.78, 5) is 2.74. The Morgan fingerprint density at radius 1 is 1.14 bits per heavy atom. The van der Waals surface area contributed by atoms with Gasteiger partial charge in [0.2, 0.25) is 0 Å². The van der Waals surface area contributed by atoms with E-state index in [4.69, 9.17) is 0 Å². The largest absolute Gasteiger partial charge is 0.314 e. The highest BCUT2D eigenvalue weighted by Gasteiger charge is 2.28. The molecular formula is C12H24N2. The number of hydrogen-bond donors (Lipinski definition) is 1. The van der Waals surface area contributed by atoms with E-state index in [1.807, 2.05) is 0 Å². The second-order valence-corrected chi connectivity index (χ2v) is 4.82. The second kappa shape index (κ2) is 5.13. The smallest absolute Gasteiger partial charge is 0.0111 e. The molecule has 2 fully saturated rings. The predicted molar refractivity (Wildman–Crippen MR) is 60.5 cm³/mol. The van der Waals surface area contributed by atoms with Crippen LogP contribution in [0.2, 0.25) is 0 Å². The summed E-state index contributed by atoms with van der Waals surface area (Å²) in [6.45, 7) is 6.08. The van der Waals surface area contributed by atoms with Gasteiger partial charge in [-0.05, 0) is 51.7 Å². The standard InChI is InChI=1S/C12H24N2/c1-2-13-11-6-7-12(10-11)14-8-4-3-5-9-14/h11-13H,2-10H2,1H3. The van der Waals surface area contributed by atoms with E-state index in [2.05, 4.69) is 17.1 Å². The van der Waals surface area contributed by atoms with Crippen molar-refractivity contribution in [2.24, 2.45) is 0 Å². The summed E-state index contributed by atoms with van der Waals surface area (Å²) < 4.78 is 0. The molecule has 0 aromatic heterocycles. The van der Waals surface area contributed by atoms with Crippen LogP contribution in [0.1, 0.15) is 45.4 Å². The molecule has 0 spiro atoms. The molecule has 2 nitrogen and oxygen atoms in total. The van der Waals surface area contributed by atoms with E-state index in [0.29, 0.717) is 0 Å². The van der Waals surface area contributed by atoms with E-state index in [0.717, 1.165) is 18.6 Å².